The van der Waals surface area contributed by atoms with E-state index >= 15 is 0 Å². The van der Waals surface area contributed by atoms with Gasteiger partial charge in [0.25, 0.3) is 0 Å². The molecule has 0 amide bonds. The fraction of sp³-hybridized carbons (Fsp3) is 0.632. The number of nitrogens with zero attached hydrogens (tertiary/aromatic N) is 1. The van der Waals surface area contributed by atoms with Crippen LogP contribution in [0.15, 0.2) is 29.3 Å². The number of halogens is 1. The number of hydrogen-bond donors (Lipinski definition) is 2. The van der Waals surface area contributed by atoms with Crippen molar-refractivity contribution in [2.75, 3.05) is 33.4 Å². The van der Waals surface area contributed by atoms with Crippen LogP contribution in [0.2, 0.25) is 5.02 Å². The van der Waals surface area contributed by atoms with Crippen LogP contribution in [0.25, 0.3) is 0 Å². The van der Waals surface area contributed by atoms with Gasteiger partial charge in [-0.25, -0.2) is 0 Å². The minimum atomic E-state index is 0.184. The van der Waals surface area contributed by atoms with Gasteiger partial charge in [0, 0.05) is 36.7 Å². The van der Waals surface area contributed by atoms with Gasteiger partial charge in [-0.1, -0.05) is 23.7 Å². The highest BCUT2D eigenvalue weighted by molar-refractivity contribution is 6.30. The van der Waals surface area contributed by atoms with E-state index in [4.69, 9.17) is 21.1 Å². The van der Waals surface area contributed by atoms with Crippen molar-refractivity contribution in [3.05, 3.63) is 34.9 Å². The Morgan fingerprint density at radius 2 is 2.32 bits per heavy atom. The molecule has 5 nitrogen and oxygen atoms in total. The third kappa shape index (κ3) is 5.09. The molecule has 138 valence electrons. The van der Waals surface area contributed by atoms with E-state index in [0.29, 0.717) is 13.2 Å². The van der Waals surface area contributed by atoms with E-state index in [-0.39, 0.29) is 17.6 Å². The summed E-state index contributed by atoms with van der Waals surface area (Å²) in [5, 5.41) is 7.66. The molecule has 1 saturated heterocycles. The highest BCUT2D eigenvalue weighted by Crippen LogP contribution is 2.48. The second kappa shape index (κ2) is 8.39. The quantitative estimate of drug-likeness (QED) is 0.576. The lowest BCUT2D eigenvalue weighted by atomic mass is 9.96. The number of benzene rings is 1. The normalized spacial score (nSPS) is 23.3. The zero-order chi connectivity index (χ0) is 17.7. The van der Waals surface area contributed by atoms with Gasteiger partial charge in [0.15, 0.2) is 5.96 Å². The minimum absolute atomic E-state index is 0.184. The van der Waals surface area contributed by atoms with E-state index in [1.165, 1.54) is 18.4 Å². The molecular formula is C19H28ClN3O2. The van der Waals surface area contributed by atoms with E-state index in [1.807, 2.05) is 12.1 Å². The summed E-state index contributed by atoms with van der Waals surface area (Å²) in [6, 6.07) is 8.38. The van der Waals surface area contributed by atoms with Crippen molar-refractivity contribution in [3.63, 3.8) is 0 Å². The molecule has 25 heavy (non-hydrogen) atoms. The van der Waals surface area contributed by atoms with Crippen LogP contribution >= 0.6 is 11.6 Å². The Morgan fingerprint density at radius 1 is 1.48 bits per heavy atom. The van der Waals surface area contributed by atoms with Gasteiger partial charge in [-0.05, 0) is 43.9 Å². The van der Waals surface area contributed by atoms with Gasteiger partial charge in [-0.3, -0.25) is 4.99 Å². The SMILES string of the molecule is CN=C(NCC1(c2cccc(Cl)c2)CC1)NC(C)COC1CCOC1. The van der Waals surface area contributed by atoms with Crippen LogP contribution in [0.1, 0.15) is 31.7 Å². The lowest BCUT2D eigenvalue weighted by Gasteiger charge is -2.22. The topological polar surface area (TPSA) is 54.9 Å². The predicted octanol–water partition coefficient (Wildman–Crippen LogP) is 2.73. The first-order valence-corrected chi connectivity index (χ1v) is 9.42. The number of nitrogens with one attached hydrogen (secondary N) is 2. The zero-order valence-electron chi connectivity index (χ0n) is 15.1. The predicted molar refractivity (Wildman–Crippen MR) is 101 cm³/mol. The molecule has 0 aromatic heterocycles. The molecule has 2 atom stereocenters. The van der Waals surface area contributed by atoms with Crippen molar-refractivity contribution in [2.45, 2.75) is 43.7 Å². The third-order valence-corrected chi connectivity index (χ3v) is 5.20. The van der Waals surface area contributed by atoms with Gasteiger partial charge in [0.1, 0.15) is 0 Å². The molecule has 1 aliphatic carbocycles. The summed E-state index contributed by atoms with van der Waals surface area (Å²) in [6.45, 7) is 5.13. The second-order valence-electron chi connectivity index (χ2n) is 7.08. The summed E-state index contributed by atoms with van der Waals surface area (Å²) in [5.41, 5.74) is 1.49. The van der Waals surface area contributed by atoms with E-state index in [2.05, 4.69) is 34.7 Å². The van der Waals surface area contributed by atoms with Crippen molar-refractivity contribution < 1.29 is 9.47 Å². The molecule has 6 heteroatoms. The Bertz CT molecular complexity index is 598. The molecule has 0 bridgehead atoms. The van der Waals surface area contributed by atoms with Crippen molar-refractivity contribution in [3.8, 4) is 0 Å². The zero-order valence-corrected chi connectivity index (χ0v) is 15.8. The van der Waals surface area contributed by atoms with E-state index < -0.39 is 0 Å². The number of rotatable bonds is 7. The van der Waals surface area contributed by atoms with Crippen LogP contribution in [0, 0.1) is 0 Å². The fourth-order valence-electron chi connectivity index (χ4n) is 3.18. The summed E-state index contributed by atoms with van der Waals surface area (Å²) in [7, 11) is 1.80. The Balaban J connectivity index is 1.46. The molecular weight excluding hydrogens is 338 g/mol. The molecule has 2 N–H and O–H groups in total. The lowest BCUT2D eigenvalue weighted by molar-refractivity contribution is 0.0347. The van der Waals surface area contributed by atoms with Gasteiger partial charge >= 0.3 is 0 Å². The maximum absolute atomic E-state index is 6.15. The van der Waals surface area contributed by atoms with Crippen molar-refractivity contribution >= 4 is 17.6 Å². The van der Waals surface area contributed by atoms with Crippen LogP contribution in [0.5, 0.6) is 0 Å². The van der Waals surface area contributed by atoms with Crippen LogP contribution in [0.4, 0.5) is 0 Å². The summed E-state index contributed by atoms with van der Waals surface area (Å²) < 4.78 is 11.2. The Labute approximate surface area is 155 Å². The standard InChI is InChI=1S/C19H28ClN3O2/c1-14(11-25-17-6-9-24-12-17)23-18(21-2)22-13-19(7-8-19)15-4-3-5-16(20)10-15/h3-5,10,14,17H,6-9,11-13H2,1-2H3,(H2,21,22,23). The molecule has 1 saturated carbocycles. The summed E-state index contributed by atoms with van der Waals surface area (Å²) >= 11 is 6.15. The molecule has 2 aliphatic rings. The average Bonchev–Trinajstić information content (AvgIpc) is 3.22. The van der Waals surface area contributed by atoms with E-state index in [9.17, 15) is 0 Å². The summed E-state index contributed by atoms with van der Waals surface area (Å²) in [6.07, 6.45) is 3.58. The lowest BCUT2D eigenvalue weighted by Crippen LogP contribution is -2.46. The maximum Gasteiger partial charge on any atom is 0.191 e. The van der Waals surface area contributed by atoms with Gasteiger partial charge in [-0.15, -0.1) is 0 Å². The van der Waals surface area contributed by atoms with Gasteiger partial charge < -0.3 is 20.1 Å². The monoisotopic (exact) mass is 365 g/mol. The molecule has 1 heterocycles. The highest BCUT2D eigenvalue weighted by Gasteiger charge is 2.44. The van der Waals surface area contributed by atoms with Crippen LogP contribution < -0.4 is 10.6 Å². The van der Waals surface area contributed by atoms with Crippen LogP contribution in [-0.4, -0.2) is 51.5 Å². The van der Waals surface area contributed by atoms with Crippen molar-refractivity contribution in [2.24, 2.45) is 4.99 Å². The number of ether oxygens (including phenoxy) is 2. The molecule has 3 rings (SSSR count). The molecule has 1 aromatic carbocycles. The summed E-state index contributed by atoms with van der Waals surface area (Å²) in [5.74, 6) is 0.812. The van der Waals surface area contributed by atoms with E-state index in [1.54, 1.807) is 7.05 Å². The largest absolute Gasteiger partial charge is 0.379 e. The fourth-order valence-corrected chi connectivity index (χ4v) is 3.37. The van der Waals surface area contributed by atoms with Crippen molar-refractivity contribution in [1.82, 2.24) is 10.6 Å². The first kappa shape index (κ1) is 18.5. The molecule has 0 radical (unpaired) electrons. The van der Waals surface area contributed by atoms with Crippen LogP contribution in [-0.2, 0) is 14.9 Å². The smallest absolute Gasteiger partial charge is 0.191 e. The molecule has 0 spiro atoms. The summed E-state index contributed by atoms with van der Waals surface area (Å²) in [4.78, 5) is 4.34. The van der Waals surface area contributed by atoms with Crippen molar-refractivity contribution in [1.29, 1.82) is 0 Å². The minimum Gasteiger partial charge on any atom is -0.379 e. The Hall–Kier alpha value is -1.30. The Morgan fingerprint density at radius 3 is 2.96 bits per heavy atom. The van der Waals surface area contributed by atoms with Gasteiger partial charge in [0.05, 0.1) is 19.3 Å². The third-order valence-electron chi connectivity index (χ3n) is 4.96. The number of hydrogen-bond acceptors (Lipinski definition) is 3. The second-order valence-corrected chi connectivity index (χ2v) is 7.52. The first-order valence-electron chi connectivity index (χ1n) is 9.04. The maximum atomic E-state index is 6.15. The molecule has 2 unspecified atom stereocenters. The highest BCUT2D eigenvalue weighted by atomic mass is 35.5. The average molecular weight is 366 g/mol. The number of guanidine groups is 1. The van der Waals surface area contributed by atoms with Gasteiger partial charge in [0.2, 0.25) is 0 Å². The molecule has 1 aliphatic heterocycles. The van der Waals surface area contributed by atoms with Gasteiger partial charge in [-0.2, -0.15) is 0 Å². The Kier molecular flexibility index (Phi) is 6.20. The van der Waals surface area contributed by atoms with Crippen LogP contribution in [0.3, 0.4) is 0 Å². The number of aliphatic imine (C=N–C) groups is 1. The van der Waals surface area contributed by atoms with E-state index in [0.717, 1.165) is 30.6 Å². The molecule has 2 fully saturated rings. The molecule has 1 aromatic rings. The first-order chi connectivity index (χ1) is 12.1.